The molecule has 2 rings (SSSR count). The number of aliphatic hydroxyl groups excluding tert-OH is 1. The Morgan fingerprint density at radius 2 is 2.35 bits per heavy atom. The van der Waals surface area contributed by atoms with Gasteiger partial charge in [0, 0.05) is 24.2 Å². The summed E-state index contributed by atoms with van der Waals surface area (Å²) in [6.07, 6.45) is 0.733. The quantitative estimate of drug-likeness (QED) is 0.789. The zero-order valence-corrected chi connectivity index (χ0v) is 11.1. The summed E-state index contributed by atoms with van der Waals surface area (Å²) >= 11 is 0. The fourth-order valence-corrected chi connectivity index (χ4v) is 2.34. The summed E-state index contributed by atoms with van der Waals surface area (Å²) in [6.45, 7) is 1.55. The molecule has 1 amide bonds. The molecule has 1 unspecified atom stereocenters. The molecular formula is C15H17FN2O2. The topological polar surface area (TPSA) is 66.6 Å². The van der Waals surface area contributed by atoms with Crippen molar-refractivity contribution < 1.29 is 14.3 Å². The Kier molecular flexibility index (Phi) is 4.72. The first-order valence-corrected chi connectivity index (χ1v) is 6.50. The number of nitrogens with two attached hydrogens (primary N) is 1. The highest BCUT2D eigenvalue weighted by molar-refractivity contribution is 5.77. The highest BCUT2D eigenvalue weighted by Crippen LogP contribution is 2.20. The lowest BCUT2D eigenvalue weighted by Gasteiger charge is -2.15. The van der Waals surface area contributed by atoms with Crippen molar-refractivity contribution in [2.75, 3.05) is 19.7 Å². The minimum Gasteiger partial charge on any atom is -0.384 e. The molecule has 106 valence electrons. The van der Waals surface area contributed by atoms with Crippen LogP contribution in [-0.4, -0.2) is 35.6 Å². The van der Waals surface area contributed by atoms with Crippen LogP contribution in [0.15, 0.2) is 18.2 Å². The average molecular weight is 276 g/mol. The predicted octanol–water partition coefficient (Wildman–Crippen LogP) is 0.477. The second-order valence-corrected chi connectivity index (χ2v) is 4.89. The van der Waals surface area contributed by atoms with Gasteiger partial charge in [-0.1, -0.05) is 17.9 Å². The molecule has 0 bridgehead atoms. The first-order chi connectivity index (χ1) is 9.60. The van der Waals surface area contributed by atoms with Crippen molar-refractivity contribution in [2.24, 2.45) is 11.7 Å². The molecule has 1 heterocycles. The van der Waals surface area contributed by atoms with E-state index in [0.717, 1.165) is 13.0 Å². The van der Waals surface area contributed by atoms with Crippen LogP contribution in [0.25, 0.3) is 0 Å². The van der Waals surface area contributed by atoms with E-state index in [2.05, 4.69) is 11.8 Å². The molecule has 4 nitrogen and oxygen atoms in total. The maximum absolute atomic E-state index is 13.9. The monoisotopic (exact) mass is 276 g/mol. The standard InChI is InChI=1S/C15H17FN2O2/c16-14-8-11(2-1-7-19)3-4-12(14)9-18-6-5-13(10-18)15(17)20/h3-4,8,13,19H,5-7,9-10H2,(H2,17,20). The average Bonchev–Trinajstić information content (AvgIpc) is 2.88. The fourth-order valence-electron chi connectivity index (χ4n) is 2.34. The summed E-state index contributed by atoms with van der Waals surface area (Å²) in [5.41, 5.74) is 6.39. The van der Waals surface area contributed by atoms with E-state index < -0.39 is 0 Å². The van der Waals surface area contributed by atoms with Crippen LogP contribution in [0.4, 0.5) is 4.39 Å². The van der Waals surface area contributed by atoms with Crippen LogP contribution >= 0.6 is 0 Å². The van der Waals surface area contributed by atoms with Gasteiger partial charge in [0.2, 0.25) is 5.91 Å². The third-order valence-corrected chi connectivity index (χ3v) is 3.43. The Labute approximate surface area is 117 Å². The van der Waals surface area contributed by atoms with E-state index in [9.17, 15) is 9.18 Å². The molecule has 1 aromatic rings. The highest BCUT2D eigenvalue weighted by atomic mass is 19.1. The van der Waals surface area contributed by atoms with Gasteiger partial charge in [-0.05, 0) is 25.1 Å². The molecular weight excluding hydrogens is 259 g/mol. The molecule has 0 aromatic heterocycles. The van der Waals surface area contributed by atoms with Crippen LogP contribution in [0, 0.1) is 23.6 Å². The molecule has 20 heavy (non-hydrogen) atoms. The fraction of sp³-hybridized carbons (Fsp3) is 0.400. The van der Waals surface area contributed by atoms with Crippen LogP contribution < -0.4 is 5.73 Å². The van der Waals surface area contributed by atoms with Gasteiger partial charge in [0.1, 0.15) is 12.4 Å². The number of aliphatic hydroxyl groups is 1. The SMILES string of the molecule is NC(=O)C1CCN(Cc2ccc(C#CCO)cc2F)C1. The normalized spacial score (nSPS) is 18.6. The molecule has 1 aliphatic heterocycles. The lowest BCUT2D eigenvalue weighted by Crippen LogP contribution is -2.27. The maximum Gasteiger partial charge on any atom is 0.221 e. The minimum atomic E-state index is -0.322. The van der Waals surface area contributed by atoms with Crippen molar-refractivity contribution in [3.8, 4) is 11.8 Å². The summed E-state index contributed by atoms with van der Waals surface area (Å²) in [6, 6.07) is 4.77. The Hall–Kier alpha value is -1.90. The van der Waals surface area contributed by atoms with E-state index in [-0.39, 0.29) is 24.2 Å². The number of benzene rings is 1. The first-order valence-electron chi connectivity index (χ1n) is 6.50. The van der Waals surface area contributed by atoms with Gasteiger partial charge >= 0.3 is 0 Å². The Bertz CT molecular complexity index is 563. The third-order valence-electron chi connectivity index (χ3n) is 3.43. The van der Waals surface area contributed by atoms with Crippen molar-refractivity contribution in [3.63, 3.8) is 0 Å². The summed E-state index contributed by atoms with van der Waals surface area (Å²) < 4.78 is 13.9. The van der Waals surface area contributed by atoms with E-state index in [4.69, 9.17) is 10.8 Å². The Balaban J connectivity index is 2.02. The lowest BCUT2D eigenvalue weighted by molar-refractivity contribution is -0.121. The summed E-state index contributed by atoms with van der Waals surface area (Å²) in [7, 11) is 0. The minimum absolute atomic E-state index is 0.132. The number of rotatable bonds is 3. The second-order valence-electron chi connectivity index (χ2n) is 4.89. The molecule has 0 aliphatic carbocycles. The molecule has 1 aromatic carbocycles. The van der Waals surface area contributed by atoms with Crippen LogP contribution in [0.5, 0.6) is 0 Å². The number of primary amides is 1. The third kappa shape index (κ3) is 3.56. The van der Waals surface area contributed by atoms with Crippen LogP contribution in [-0.2, 0) is 11.3 Å². The van der Waals surface area contributed by atoms with Gasteiger partial charge < -0.3 is 10.8 Å². The molecule has 5 heteroatoms. The Morgan fingerprint density at radius 3 is 2.95 bits per heavy atom. The van der Waals surface area contributed by atoms with Gasteiger partial charge in [-0.15, -0.1) is 0 Å². The zero-order chi connectivity index (χ0) is 14.5. The van der Waals surface area contributed by atoms with Gasteiger partial charge in [-0.2, -0.15) is 0 Å². The molecule has 1 saturated heterocycles. The van der Waals surface area contributed by atoms with Gasteiger partial charge in [0.05, 0.1) is 5.92 Å². The molecule has 0 saturated carbocycles. The molecule has 0 radical (unpaired) electrons. The number of carbonyl (C=O) groups is 1. The van der Waals surface area contributed by atoms with E-state index in [0.29, 0.717) is 24.2 Å². The van der Waals surface area contributed by atoms with Crippen LogP contribution in [0.2, 0.25) is 0 Å². The van der Waals surface area contributed by atoms with Crippen molar-refractivity contribution >= 4 is 5.91 Å². The van der Waals surface area contributed by atoms with Crippen LogP contribution in [0.3, 0.4) is 0 Å². The van der Waals surface area contributed by atoms with Crippen molar-refractivity contribution in [2.45, 2.75) is 13.0 Å². The number of carbonyl (C=O) groups excluding carboxylic acids is 1. The second kappa shape index (κ2) is 6.51. The predicted molar refractivity (Wildman–Crippen MR) is 72.9 cm³/mol. The lowest BCUT2D eigenvalue weighted by atomic mass is 10.1. The summed E-state index contributed by atoms with van der Waals surface area (Å²) in [4.78, 5) is 13.1. The highest BCUT2D eigenvalue weighted by Gasteiger charge is 2.26. The summed E-state index contributed by atoms with van der Waals surface area (Å²) in [5, 5.41) is 8.60. The van der Waals surface area contributed by atoms with Gasteiger partial charge in [-0.25, -0.2) is 4.39 Å². The van der Waals surface area contributed by atoms with Crippen LogP contribution in [0.1, 0.15) is 17.5 Å². The van der Waals surface area contributed by atoms with Crippen molar-refractivity contribution in [1.82, 2.24) is 4.90 Å². The van der Waals surface area contributed by atoms with Crippen molar-refractivity contribution in [1.29, 1.82) is 0 Å². The number of hydrogen-bond acceptors (Lipinski definition) is 3. The number of hydrogen-bond donors (Lipinski definition) is 2. The first kappa shape index (κ1) is 14.5. The van der Waals surface area contributed by atoms with Gasteiger partial charge in [-0.3, -0.25) is 9.69 Å². The number of likely N-dealkylation sites (tertiary alicyclic amines) is 1. The van der Waals surface area contributed by atoms with Gasteiger partial charge in [0.25, 0.3) is 0 Å². The van der Waals surface area contributed by atoms with E-state index >= 15 is 0 Å². The number of halogens is 1. The number of amides is 1. The molecule has 0 spiro atoms. The van der Waals surface area contributed by atoms with E-state index in [1.54, 1.807) is 12.1 Å². The maximum atomic E-state index is 13.9. The zero-order valence-electron chi connectivity index (χ0n) is 11.1. The smallest absolute Gasteiger partial charge is 0.221 e. The largest absolute Gasteiger partial charge is 0.384 e. The molecule has 1 atom stereocenters. The molecule has 1 fully saturated rings. The van der Waals surface area contributed by atoms with E-state index in [1.165, 1.54) is 6.07 Å². The van der Waals surface area contributed by atoms with E-state index in [1.807, 2.05) is 4.90 Å². The summed E-state index contributed by atoms with van der Waals surface area (Å²) in [5.74, 6) is 4.40. The molecule has 1 aliphatic rings. The molecule has 3 N–H and O–H groups in total. The van der Waals surface area contributed by atoms with Crippen molar-refractivity contribution in [3.05, 3.63) is 35.1 Å². The number of nitrogens with zero attached hydrogens (tertiary/aromatic N) is 1. The van der Waals surface area contributed by atoms with Gasteiger partial charge in [0.15, 0.2) is 0 Å². The Morgan fingerprint density at radius 1 is 1.55 bits per heavy atom.